The quantitative estimate of drug-likeness (QED) is 0.344. The van der Waals surface area contributed by atoms with E-state index < -0.39 is 17.9 Å². The molecule has 1 unspecified atom stereocenters. The second-order valence-corrected chi connectivity index (χ2v) is 7.24. The number of hydrogen-bond acceptors (Lipinski definition) is 5. The predicted octanol–water partition coefficient (Wildman–Crippen LogP) is 2.42. The third kappa shape index (κ3) is 4.53. The monoisotopic (exact) mass is 414 g/mol. The van der Waals surface area contributed by atoms with E-state index >= 15 is 0 Å². The van der Waals surface area contributed by atoms with Crippen molar-refractivity contribution in [3.05, 3.63) is 78.1 Å². The Morgan fingerprint density at radius 3 is 2.58 bits per heavy atom. The molecule has 0 spiro atoms. The molecule has 31 heavy (non-hydrogen) atoms. The Morgan fingerprint density at radius 1 is 1.06 bits per heavy atom. The molecule has 2 aromatic heterocycles. The molecular weight excluding hydrogens is 392 g/mol. The lowest BCUT2D eigenvalue weighted by molar-refractivity contribution is -0.120. The molecule has 2 aromatic carbocycles. The summed E-state index contributed by atoms with van der Waals surface area (Å²) in [7, 11) is 0. The fourth-order valence-electron chi connectivity index (χ4n) is 3.44. The van der Waals surface area contributed by atoms with Crippen molar-refractivity contribution in [3.63, 3.8) is 0 Å². The van der Waals surface area contributed by atoms with Gasteiger partial charge in [0.1, 0.15) is 17.4 Å². The summed E-state index contributed by atoms with van der Waals surface area (Å²) in [6.07, 6.45) is 4.27. The van der Waals surface area contributed by atoms with Crippen LogP contribution in [0.4, 0.5) is 5.69 Å². The van der Waals surface area contributed by atoms with Gasteiger partial charge in [0.05, 0.1) is 11.1 Å². The third-order valence-corrected chi connectivity index (χ3v) is 5.03. The third-order valence-electron chi connectivity index (χ3n) is 5.03. The summed E-state index contributed by atoms with van der Waals surface area (Å²) in [4.78, 5) is 36.7. The minimum absolute atomic E-state index is 0.364. The first-order valence-electron chi connectivity index (χ1n) is 9.85. The van der Waals surface area contributed by atoms with Crippen LogP contribution in [0.3, 0.4) is 0 Å². The van der Waals surface area contributed by atoms with E-state index in [-0.39, 0.29) is 0 Å². The molecule has 0 saturated carbocycles. The molecule has 2 heterocycles. The van der Waals surface area contributed by atoms with Gasteiger partial charge in [-0.1, -0.05) is 18.2 Å². The Morgan fingerprint density at radius 2 is 1.84 bits per heavy atom. The number of rotatable bonds is 7. The van der Waals surface area contributed by atoms with Crippen LogP contribution in [0.15, 0.2) is 67.0 Å². The Bertz CT molecular complexity index is 1240. The van der Waals surface area contributed by atoms with Gasteiger partial charge in [0.25, 0.3) is 5.91 Å². The number of anilines is 1. The Labute approximate surface area is 178 Å². The van der Waals surface area contributed by atoms with Crippen molar-refractivity contribution in [2.75, 3.05) is 5.73 Å². The van der Waals surface area contributed by atoms with Gasteiger partial charge in [-0.2, -0.15) is 0 Å². The van der Waals surface area contributed by atoms with Crippen LogP contribution in [-0.4, -0.2) is 32.8 Å². The maximum atomic E-state index is 13.0. The second kappa shape index (κ2) is 8.66. The number of amides is 2. The van der Waals surface area contributed by atoms with Crippen LogP contribution in [-0.2, 0) is 11.2 Å². The van der Waals surface area contributed by atoms with E-state index in [1.165, 1.54) is 0 Å². The van der Waals surface area contributed by atoms with E-state index in [0.29, 0.717) is 35.4 Å². The molecule has 6 N–H and O–H groups in total. The van der Waals surface area contributed by atoms with Crippen LogP contribution < -0.4 is 16.8 Å². The Kier molecular flexibility index (Phi) is 5.61. The number of aromatic nitrogens is 3. The zero-order valence-corrected chi connectivity index (χ0v) is 16.7. The number of nitrogen functional groups attached to an aromatic ring is 1. The molecule has 4 aromatic rings. The van der Waals surface area contributed by atoms with Gasteiger partial charge in [-0.3, -0.25) is 14.6 Å². The molecule has 0 radical (unpaired) electrons. The van der Waals surface area contributed by atoms with Crippen LogP contribution in [0.2, 0.25) is 0 Å². The molecule has 0 aliphatic rings. The van der Waals surface area contributed by atoms with Gasteiger partial charge in [0.15, 0.2) is 0 Å². The summed E-state index contributed by atoms with van der Waals surface area (Å²) in [5, 5.41) is 2.75. The second-order valence-electron chi connectivity index (χ2n) is 7.24. The van der Waals surface area contributed by atoms with Crippen molar-refractivity contribution in [3.8, 4) is 11.4 Å². The van der Waals surface area contributed by atoms with E-state index in [9.17, 15) is 9.59 Å². The fraction of sp³-hybridized carbons (Fsp3) is 0.130. The average Bonchev–Trinajstić information content (AvgIpc) is 3.21. The molecule has 8 nitrogen and oxygen atoms in total. The summed E-state index contributed by atoms with van der Waals surface area (Å²) in [5.41, 5.74) is 15.4. The van der Waals surface area contributed by atoms with Gasteiger partial charge in [-0.05, 0) is 54.8 Å². The number of aryl methyl sites for hydroxylation is 1. The van der Waals surface area contributed by atoms with E-state index in [1.807, 2.05) is 36.4 Å². The molecule has 156 valence electrons. The summed E-state index contributed by atoms with van der Waals surface area (Å²) in [6.45, 7) is 0. The Balaban J connectivity index is 1.54. The number of nitrogens with two attached hydrogens (primary N) is 2. The number of para-hydroxylation sites is 1. The van der Waals surface area contributed by atoms with Gasteiger partial charge < -0.3 is 21.8 Å². The molecule has 0 bridgehead atoms. The molecule has 0 aliphatic heterocycles. The lowest BCUT2D eigenvalue weighted by atomic mass is 10.0. The summed E-state index contributed by atoms with van der Waals surface area (Å²) in [5.74, 6) is -0.371. The number of nitrogens with zero attached hydrogens (tertiary/aromatic N) is 2. The summed E-state index contributed by atoms with van der Waals surface area (Å²) < 4.78 is 0. The van der Waals surface area contributed by atoms with Crippen molar-refractivity contribution >= 4 is 28.5 Å². The maximum absolute atomic E-state index is 13.0. The number of pyridine rings is 1. The number of carbonyl (C=O) groups excluding carboxylic acids is 2. The van der Waals surface area contributed by atoms with Gasteiger partial charge in [0.2, 0.25) is 5.91 Å². The molecule has 8 heteroatoms. The van der Waals surface area contributed by atoms with Crippen LogP contribution in [0.25, 0.3) is 22.4 Å². The standard InChI is InChI=1S/C23H22N6O2/c24-16-4-1-3-14(13-16)7-8-19(21(25)30)28-23(31)17-5-2-6-18-20(17)29-22(27-18)15-9-11-26-12-10-15/h1-6,9-13,19H,7-8,24H2,(H2,25,30)(H,27,29)(H,28,31). The van der Waals surface area contributed by atoms with Crippen LogP contribution in [0.1, 0.15) is 22.3 Å². The largest absolute Gasteiger partial charge is 0.399 e. The first-order valence-corrected chi connectivity index (χ1v) is 9.85. The molecule has 0 aliphatic carbocycles. The van der Waals surface area contributed by atoms with Crippen molar-refractivity contribution in [1.82, 2.24) is 20.3 Å². The topological polar surface area (TPSA) is 140 Å². The number of nitrogens with one attached hydrogen (secondary N) is 2. The highest BCUT2D eigenvalue weighted by atomic mass is 16.2. The van der Waals surface area contributed by atoms with Crippen LogP contribution in [0, 0.1) is 0 Å². The summed E-state index contributed by atoms with van der Waals surface area (Å²) in [6, 6.07) is 15.5. The molecule has 4 rings (SSSR count). The highest BCUT2D eigenvalue weighted by Crippen LogP contribution is 2.22. The Hall–Kier alpha value is -4.20. The number of fused-ring (bicyclic) bond motifs is 1. The number of hydrogen-bond donors (Lipinski definition) is 4. The number of H-pyrrole nitrogens is 1. The fourth-order valence-corrected chi connectivity index (χ4v) is 3.44. The average molecular weight is 414 g/mol. The lowest BCUT2D eigenvalue weighted by Crippen LogP contribution is -2.44. The number of benzene rings is 2. The number of imidazole rings is 1. The minimum atomic E-state index is -0.817. The number of primary amides is 1. The van der Waals surface area contributed by atoms with E-state index in [1.54, 1.807) is 30.6 Å². The highest BCUT2D eigenvalue weighted by Gasteiger charge is 2.21. The van der Waals surface area contributed by atoms with E-state index in [2.05, 4.69) is 20.3 Å². The van der Waals surface area contributed by atoms with Crippen molar-refractivity contribution in [2.24, 2.45) is 5.73 Å². The van der Waals surface area contributed by atoms with Gasteiger partial charge in [-0.25, -0.2) is 4.98 Å². The van der Waals surface area contributed by atoms with Gasteiger partial charge in [0, 0.05) is 23.6 Å². The molecule has 0 saturated heterocycles. The zero-order chi connectivity index (χ0) is 21.8. The first kappa shape index (κ1) is 20.1. The minimum Gasteiger partial charge on any atom is -0.399 e. The van der Waals surface area contributed by atoms with Crippen molar-refractivity contribution in [2.45, 2.75) is 18.9 Å². The molecular formula is C23H22N6O2. The van der Waals surface area contributed by atoms with E-state index in [0.717, 1.165) is 16.6 Å². The normalized spacial score (nSPS) is 11.9. The summed E-state index contributed by atoms with van der Waals surface area (Å²) >= 11 is 0. The molecule has 0 fully saturated rings. The molecule has 1 atom stereocenters. The predicted molar refractivity (Wildman–Crippen MR) is 119 cm³/mol. The zero-order valence-electron chi connectivity index (χ0n) is 16.7. The van der Waals surface area contributed by atoms with E-state index in [4.69, 9.17) is 11.5 Å². The van der Waals surface area contributed by atoms with Crippen LogP contribution >= 0.6 is 0 Å². The van der Waals surface area contributed by atoms with Crippen LogP contribution in [0.5, 0.6) is 0 Å². The highest BCUT2D eigenvalue weighted by molar-refractivity contribution is 6.06. The van der Waals surface area contributed by atoms with Gasteiger partial charge in [-0.15, -0.1) is 0 Å². The van der Waals surface area contributed by atoms with Gasteiger partial charge >= 0.3 is 0 Å². The molecule has 2 amide bonds. The van der Waals surface area contributed by atoms with Crippen molar-refractivity contribution < 1.29 is 9.59 Å². The lowest BCUT2D eigenvalue weighted by Gasteiger charge is -2.16. The number of aromatic amines is 1. The smallest absolute Gasteiger partial charge is 0.254 e. The van der Waals surface area contributed by atoms with Crippen molar-refractivity contribution in [1.29, 1.82) is 0 Å². The first-order chi connectivity index (χ1) is 15.0. The SMILES string of the molecule is NC(=O)C(CCc1cccc(N)c1)NC(=O)c1cccc2[nH]c(-c3ccncc3)nc12. The number of carbonyl (C=O) groups is 2. The maximum Gasteiger partial charge on any atom is 0.254 e.